The number of para-hydroxylation sites is 3. The van der Waals surface area contributed by atoms with E-state index in [4.69, 9.17) is 4.74 Å². The van der Waals surface area contributed by atoms with Gasteiger partial charge in [-0.15, -0.1) is 0 Å². The summed E-state index contributed by atoms with van der Waals surface area (Å²) >= 11 is 0. The average Bonchev–Trinajstić information content (AvgIpc) is 2.82. The van der Waals surface area contributed by atoms with Crippen molar-refractivity contribution >= 4 is 35.1 Å². The van der Waals surface area contributed by atoms with E-state index in [0.717, 1.165) is 11.1 Å². The Bertz CT molecular complexity index is 1210. The molecule has 3 rings (SSSR count). The molecular weight excluding hydrogens is 444 g/mol. The number of amides is 4. The third-order valence-electron chi connectivity index (χ3n) is 4.91. The van der Waals surface area contributed by atoms with Gasteiger partial charge < -0.3 is 26.0 Å². The summed E-state index contributed by atoms with van der Waals surface area (Å²) in [4.78, 5) is 36.6. The van der Waals surface area contributed by atoms with Crippen molar-refractivity contribution in [3.8, 4) is 0 Å². The van der Waals surface area contributed by atoms with Gasteiger partial charge in [0.1, 0.15) is 0 Å². The van der Waals surface area contributed by atoms with Gasteiger partial charge in [0, 0.05) is 29.1 Å². The number of carbonyl (C=O) groups is 3. The summed E-state index contributed by atoms with van der Waals surface area (Å²) in [6.45, 7) is 6.60. The number of carbonyl (C=O) groups excluding carboxylic acids is 3. The van der Waals surface area contributed by atoms with Crippen LogP contribution in [0.3, 0.4) is 0 Å². The molecule has 3 aromatic carbocycles. The summed E-state index contributed by atoms with van der Waals surface area (Å²) in [5.74, 6) is -0.585. The Morgan fingerprint density at radius 1 is 0.771 bits per heavy atom. The van der Waals surface area contributed by atoms with Gasteiger partial charge in [0.15, 0.2) is 6.23 Å². The quantitative estimate of drug-likeness (QED) is 0.197. The fraction of sp³-hybridized carbons (Fsp3) is 0.148. The zero-order valence-electron chi connectivity index (χ0n) is 19.6. The number of benzene rings is 3. The molecule has 0 fully saturated rings. The number of anilines is 3. The molecule has 4 amide bonds. The molecule has 180 valence electrons. The van der Waals surface area contributed by atoms with Crippen LogP contribution in [0.15, 0.2) is 91.0 Å². The van der Waals surface area contributed by atoms with E-state index in [2.05, 4.69) is 27.8 Å². The minimum Gasteiger partial charge on any atom is -0.439 e. The van der Waals surface area contributed by atoms with E-state index in [0.29, 0.717) is 23.5 Å². The molecule has 0 saturated carbocycles. The van der Waals surface area contributed by atoms with Crippen LogP contribution in [-0.2, 0) is 16.0 Å². The summed E-state index contributed by atoms with van der Waals surface area (Å²) < 4.78 is 5.08. The first-order valence-electron chi connectivity index (χ1n) is 11.0. The number of hydrogen-bond donors (Lipinski definition) is 4. The van der Waals surface area contributed by atoms with Gasteiger partial charge in [-0.05, 0) is 49.2 Å². The summed E-state index contributed by atoms with van der Waals surface area (Å²) in [6.07, 6.45) is -0.377. The lowest BCUT2D eigenvalue weighted by Crippen LogP contribution is -2.39. The van der Waals surface area contributed by atoms with Crippen LogP contribution < -0.4 is 21.3 Å². The van der Waals surface area contributed by atoms with Gasteiger partial charge in [0.05, 0.1) is 0 Å². The molecule has 0 heterocycles. The van der Waals surface area contributed by atoms with Crippen LogP contribution in [0.25, 0.3) is 0 Å². The maximum absolute atomic E-state index is 12.5. The van der Waals surface area contributed by atoms with Crippen molar-refractivity contribution < 1.29 is 19.1 Å². The predicted molar refractivity (Wildman–Crippen MR) is 137 cm³/mol. The highest BCUT2D eigenvalue weighted by atomic mass is 16.6. The first-order chi connectivity index (χ1) is 16.8. The number of urea groups is 2. The van der Waals surface area contributed by atoms with E-state index in [1.807, 2.05) is 54.6 Å². The van der Waals surface area contributed by atoms with E-state index < -0.39 is 18.2 Å². The van der Waals surface area contributed by atoms with E-state index in [1.54, 1.807) is 31.2 Å². The molecule has 0 radical (unpaired) electrons. The number of ether oxygens (including phenoxy) is 1. The summed E-state index contributed by atoms with van der Waals surface area (Å²) in [5, 5.41) is 11.0. The van der Waals surface area contributed by atoms with Gasteiger partial charge in [0.2, 0.25) is 0 Å². The zero-order chi connectivity index (χ0) is 25.2. The molecule has 0 bridgehead atoms. The molecule has 3 aromatic rings. The third kappa shape index (κ3) is 7.75. The SMILES string of the molecule is C=C(C)C(=O)OC(C)NC(=O)Nc1ccccc1Cc1ccccc1NC(=O)Nc1ccccc1. The van der Waals surface area contributed by atoms with Crippen molar-refractivity contribution in [1.82, 2.24) is 5.32 Å². The monoisotopic (exact) mass is 472 g/mol. The van der Waals surface area contributed by atoms with Gasteiger partial charge >= 0.3 is 18.0 Å². The number of esters is 1. The molecule has 1 atom stereocenters. The fourth-order valence-electron chi connectivity index (χ4n) is 3.24. The topological polar surface area (TPSA) is 109 Å². The number of rotatable bonds is 8. The van der Waals surface area contributed by atoms with Crippen molar-refractivity contribution in [2.45, 2.75) is 26.5 Å². The van der Waals surface area contributed by atoms with Crippen molar-refractivity contribution in [1.29, 1.82) is 0 Å². The molecule has 0 aliphatic carbocycles. The maximum Gasteiger partial charge on any atom is 0.335 e. The van der Waals surface area contributed by atoms with Gasteiger partial charge in [0.25, 0.3) is 0 Å². The zero-order valence-corrected chi connectivity index (χ0v) is 19.6. The van der Waals surface area contributed by atoms with E-state index >= 15 is 0 Å². The van der Waals surface area contributed by atoms with Crippen molar-refractivity contribution in [3.05, 3.63) is 102 Å². The molecule has 0 saturated heterocycles. The van der Waals surface area contributed by atoms with Gasteiger partial charge in [-0.2, -0.15) is 0 Å². The summed E-state index contributed by atoms with van der Waals surface area (Å²) in [6, 6.07) is 23.1. The second-order valence-electron chi connectivity index (χ2n) is 7.86. The van der Waals surface area contributed by atoms with Crippen LogP contribution in [-0.4, -0.2) is 24.3 Å². The normalized spacial score (nSPS) is 11.0. The first kappa shape index (κ1) is 25.0. The maximum atomic E-state index is 12.5. The van der Waals surface area contributed by atoms with Crippen molar-refractivity contribution in [2.75, 3.05) is 16.0 Å². The summed E-state index contributed by atoms with van der Waals surface area (Å²) in [5.41, 5.74) is 3.88. The van der Waals surface area contributed by atoms with Crippen LogP contribution in [0.2, 0.25) is 0 Å². The van der Waals surface area contributed by atoms with E-state index in [-0.39, 0.29) is 11.6 Å². The number of hydrogen-bond acceptors (Lipinski definition) is 4. The lowest BCUT2D eigenvalue weighted by Gasteiger charge is -2.17. The van der Waals surface area contributed by atoms with Crippen LogP contribution in [0.4, 0.5) is 26.7 Å². The Morgan fingerprint density at radius 3 is 1.86 bits per heavy atom. The minimum atomic E-state index is -0.834. The molecule has 0 aromatic heterocycles. The molecule has 4 N–H and O–H groups in total. The highest BCUT2D eigenvalue weighted by molar-refractivity contribution is 6.00. The second-order valence-corrected chi connectivity index (χ2v) is 7.86. The Kier molecular flexibility index (Phi) is 8.61. The molecule has 0 aliphatic rings. The Morgan fingerprint density at radius 2 is 1.29 bits per heavy atom. The van der Waals surface area contributed by atoms with Gasteiger partial charge in [-0.3, -0.25) is 0 Å². The summed E-state index contributed by atoms with van der Waals surface area (Å²) in [7, 11) is 0. The van der Waals surface area contributed by atoms with Crippen molar-refractivity contribution in [3.63, 3.8) is 0 Å². The molecule has 35 heavy (non-hydrogen) atoms. The van der Waals surface area contributed by atoms with Crippen molar-refractivity contribution in [2.24, 2.45) is 0 Å². The lowest BCUT2D eigenvalue weighted by molar-refractivity contribution is -0.144. The van der Waals surface area contributed by atoms with E-state index in [1.165, 1.54) is 6.92 Å². The van der Waals surface area contributed by atoms with Crippen LogP contribution >= 0.6 is 0 Å². The molecular formula is C27H28N4O4. The molecule has 8 nitrogen and oxygen atoms in total. The van der Waals surface area contributed by atoms with Gasteiger partial charge in [-0.1, -0.05) is 61.2 Å². The predicted octanol–water partition coefficient (Wildman–Crippen LogP) is 5.51. The highest BCUT2D eigenvalue weighted by Crippen LogP contribution is 2.24. The smallest absolute Gasteiger partial charge is 0.335 e. The first-order valence-corrected chi connectivity index (χ1v) is 11.0. The molecule has 1 unspecified atom stereocenters. The Hall–Kier alpha value is -4.59. The second kappa shape index (κ2) is 12.0. The molecule has 8 heteroatoms. The van der Waals surface area contributed by atoms with E-state index in [9.17, 15) is 14.4 Å². The largest absolute Gasteiger partial charge is 0.439 e. The third-order valence-corrected chi connectivity index (χ3v) is 4.91. The van der Waals surface area contributed by atoms with Crippen LogP contribution in [0, 0.1) is 0 Å². The van der Waals surface area contributed by atoms with Gasteiger partial charge in [-0.25, -0.2) is 14.4 Å². The Labute approximate surface area is 204 Å². The van der Waals surface area contributed by atoms with Crippen LogP contribution in [0.5, 0.6) is 0 Å². The minimum absolute atomic E-state index is 0.245. The van der Waals surface area contributed by atoms with Crippen LogP contribution in [0.1, 0.15) is 25.0 Å². The number of nitrogens with one attached hydrogen (secondary N) is 4. The highest BCUT2D eigenvalue weighted by Gasteiger charge is 2.15. The molecule has 0 spiro atoms. The fourth-order valence-corrected chi connectivity index (χ4v) is 3.24. The average molecular weight is 473 g/mol. The standard InChI is InChI=1S/C27H28N4O4/c1-18(2)25(32)35-19(3)28-26(33)30-23-15-9-7-11-20(23)17-21-12-8-10-16-24(21)31-27(34)29-22-13-5-4-6-14-22/h4-16,19H,1,17H2,2-3H3,(H2,28,30,33)(H2,29,31,34). The lowest BCUT2D eigenvalue weighted by atomic mass is 10.0. The molecule has 0 aliphatic heterocycles. The Balaban J connectivity index is 1.67.